The van der Waals surface area contributed by atoms with Crippen LogP contribution in [0.3, 0.4) is 0 Å². The lowest BCUT2D eigenvalue weighted by Crippen LogP contribution is -1.99. The van der Waals surface area contributed by atoms with E-state index in [1.165, 1.54) is 11.1 Å². The summed E-state index contributed by atoms with van der Waals surface area (Å²) in [5.74, 6) is 0.914. The molecule has 1 unspecified atom stereocenters. The Bertz CT molecular complexity index is 549. The first-order chi connectivity index (χ1) is 9.10. The molecule has 0 aliphatic carbocycles. The third-order valence-electron chi connectivity index (χ3n) is 3.06. The van der Waals surface area contributed by atoms with Crippen LogP contribution < -0.4 is 4.74 Å². The number of hydrogen-bond acceptors (Lipinski definition) is 1. The van der Waals surface area contributed by atoms with E-state index in [1.54, 1.807) is 7.11 Å². The summed E-state index contributed by atoms with van der Waals surface area (Å²) in [6, 6.07) is 14.7. The molecule has 0 saturated carbocycles. The molecule has 0 fully saturated rings. The van der Waals surface area contributed by atoms with Crippen molar-refractivity contribution in [3.05, 3.63) is 63.6 Å². The zero-order valence-corrected chi connectivity index (χ0v) is 14.2. The van der Waals surface area contributed by atoms with E-state index in [9.17, 15) is 0 Å². The second-order valence-electron chi connectivity index (χ2n) is 4.54. The van der Waals surface area contributed by atoms with Crippen LogP contribution in [-0.4, -0.2) is 7.11 Å². The highest BCUT2D eigenvalue weighted by Gasteiger charge is 2.14. The number of methoxy groups -OCH3 is 1. The van der Waals surface area contributed by atoms with Crippen molar-refractivity contribution in [2.24, 2.45) is 0 Å². The van der Waals surface area contributed by atoms with E-state index in [1.807, 2.05) is 12.1 Å². The Balaban J connectivity index is 2.21. The van der Waals surface area contributed by atoms with Crippen LogP contribution in [0.15, 0.2) is 46.9 Å². The Hall–Kier alpha value is -0.800. The number of benzene rings is 2. The topological polar surface area (TPSA) is 9.23 Å². The van der Waals surface area contributed by atoms with Crippen LogP contribution in [0.1, 0.15) is 21.5 Å². The second kappa shape index (κ2) is 6.58. The van der Waals surface area contributed by atoms with Gasteiger partial charge in [-0.25, -0.2) is 0 Å². The molecule has 0 aliphatic heterocycles. The first-order valence-corrected chi connectivity index (χ1v) is 7.84. The van der Waals surface area contributed by atoms with Crippen LogP contribution in [0, 0.1) is 6.92 Å². The number of alkyl halides is 1. The van der Waals surface area contributed by atoms with Gasteiger partial charge >= 0.3 is 0 Å². The van der Waals surface area contributed by atoms with Gasteiger partial charge in [0.1, 0.15) is 5.75 Å². The molecule has 19 heavy (non-hydrogen) atoms. The van der Waals surface area contributed by atoms with Crippen LogP contribution in [0.5, 0.6) is 5.75 Å². The fraction of sp³-hybridized carbons (Fsp3) is 0.250. The van der Waals surface area contributed by atoms with Gasteiger partial charge in [0.2, 0.25) is 0 Å². The molecule has 0 spiro atoms. The van der Waals surface area contributed by atoms with Gasteiger partial charge in [-0.15, -0.1) is 0 Å². The van der Waals surface area contributed by atoms with Crippen LogP contribution >= 0.6 is 31.9 Å². The summed E-state index contributed by atoms with van der Waals surface area (Å²) in [5.41, 5.74) is 3.77. The van der Waals surface area contributed by atoms with Gasteiger partial charge in [-0.05, 0) is 37.1 Å². The van der Waals surface area contributed by atoms with Gasteiger partial charge in [0.05, 0.1) is 7.11 Å². The molecule has 2 aromatic rings. The third-order valence-corrected chi connectivity index (χ3v) is 4.37. The predicted octanol–water partition coefficient (Wildman–Crippen LogP) is 5.44. The quantitative estimate of drug-likeness (QED) is 0.638. The SMILES string of the molecule is COc1ccc(Br)cc1C(Br)Cc1ccc(C)cc1. The molecule has 0 aromatic heterocycles. The maximum atomic E-state index is 5.43. The fourth-order valence-electron chi connectivity index (χ4n) is 1.99. The van der Waals surface area contributed by atoms with Crippen molar-refractivity contribution < 1.29 is 4.74 Å². The molecule has 1 nitrogen and oxygen atoms in total. The highest BCUT2D eigenvalue weighted by Crippen LogP contribution is 2.35. The van der Waals surface area contributed by atoms with Crippen LogP contribution in [0.25, 0.3) is 0 Å². The maximum Gasteiger partial charge on any atom is 0.123 e. The standard InChI is InChI=1S/C16H16Br2O/c1-11-3-5-12(6-4-11)9-15(18)14-10-13(17)7-8-16(14)19-2/h3-8,10,15H,9H2,1-2H3. The monoisotopic (exact) mass is 382 g/mol. The summed E-state index contributed by atoms with van der Waals surface area (Å²) in [7, 11) is 1.71. The van der Waals surface area contributed by atoms with Gasteiger partial charge in [-0.2, -0.15) is 0 Å². The molecule has 0 radical (unpaired) electrons. The van der Waals surface area contributed by atoms with Crippen molar-refractivity contribution in [3.8, 4) is 5.75 Å². The van der Waals surface area contributed by atoms with Crippen molar-refractivity contribution in [2.75, 3.05) is 7.11 Å². The predicted molar refractivity (Wildman–Crippen MR) is 87.2 cm³/mol. The minimum atomic E-state index is 0.239. The smallest absolute Gasteiger partial charge is 0.123 e. The van der Waals surface area contributed by atoms with Crippen molar-refractivity contribution in [1.29, 1.82) is 0 Å². The second-order valence-corrected chi connectivity index (χ2v) is 6.56. The summed E-state index contributed by atoms with van der Waals surface area (Å²) in [4.78, 5) is 0.239. The maximum absolute atomic E-state index is 5.43. The Labute approximate surface area is 131 Å². The van der Waals surface area contributed by atoms with Gasteiger partial charge in [-0.1, -0.05) is 61.7 Å². The fourth-order valence-corrected chi connectivity index (χ4v) is 3.10. The van der Waals surface area contributed by atoms with E-state index < -0.39 is 0 Å². The van der Waals surface area contributed by atoms with Gasteiger partial charge < -0.3 is 4.74 Å². The zero-order chi connectivity index (χ0) is 13.8. The molecular formula is C16H16Br2O. The minimum absolute atomic E-state index is 0.239. The molecule has 100 valence electrons. The Morgan fingerprint density at radius 3 is 2.42 bits per heavy atom. The average molecular weight is 384 g/mol. The Morgan fingerprint density at radius 2 is 1.79 bits per heavy atom. The summed E-state index contributed by atoms with van der Waals surface area (Å²) in [6.07, 6.45) is 0.938. The third kappa shape index (κ3) is 3.83. The molecule has 3 heteroatoms. The number of ether oxygens (including phenoxy) is 1. The molecular weight excluding hydrogens is 368 g/mol. The van der Waals surface area contributed by atoms with E-state index in [0.29, 0.717) is 0 Å². The van der Waals surface area contributed by atoms with E-state index in [2.05, 4.69) is 69.1 Å². The van der Waals surface area contributed by atoms with Gasteiger partial charge in [0, 0.05) is 14.9 Å². The number of halogens is 2. The molecule has 0 bridgehead atoms. The number of hydrogen-bond donors (Lipinski definition) is 0. The molecule has 2 aromatic carbocycles. The number of rotatable bonds is 4. The molecule has 0 amide bonds. The van der Waals surface area contributed by atoms with Crippen molar-refractivity contribution >= 4 is 31.9 Å². The number of aryl methyl sites for hydroxylation is 1. The van der Waals surface area contributed by atoms with Gasteiger partial charge in [0.15, 0.2) is 0 Å². The van der Waals surface area contributed by atoms with Crippen molar-refractivity contribution in [2.45, 2.75) is 18.2 Å². The van der Waals surface area contributed by atoms with E-state index in [0.717, 1.165) is 22.2 Å². The largest absolute Gasteiger partial charge is 0.496 e. The van der Waals surface area contributed by atoms with E-state index in [4.69, 9.17) is 4.74 Å². The lowest BCUT2D eigenvalue weighted by Gasteiger charge is -2.15. The molecule has 0 N–H and O–H groups in total. The summed E-state index contributed by atoms with van der Waals surface area (Å²) in [5, 5.41) is 0. The van der Waals surface area contributed by atoms with Crippen LogP contribution in [0.2, 0.25) is 0 Å². The summed E-state index contributed by atoms with van der Waals surface area (Å²) in [6.45, 7) is 2.10. The van der Waals surface area contributed by atoms with Crippen LogP contribution in [-0.2, 0) is 6.42 Å². The summed E-state index contributed by atoms with van der Waals surface area (Å²) >= 11 is 7.28. The zero-order valence-electron chi connectivity index (χ0n) is 11.0. The lowest BCUT2D eigenvalue weighted by atomic mass is 10.0. The highest BCUT2D eigenvalue weighted by atomic mass is 79.9. The van der Waals surface area contributed by atoms with E-state index >= 15 is 0 Å². The van der Waals surface area contributed by atoms with Gasteiger partial charge in [-0.3, -0.25) is 0 Å². The first-order valence-electron chi connectivity index (χ1n) is 6.13. The normalized spacial score (nSPS) is 12.2. The molecule has 1 atom stereocenters. The highest BCUT2D eigenvalue weighted by molar-refractivity contribution is 9.10. The molecule has 0 heterocycles. The van der Waals surface area contributed by atoms with E-state index in [-0.39, 0.29) is 4.83 Å². The van der Waals surface area contributed by atoms with Crippen molar-refractivity contribution in [1.82, 2.24) is 0 Å². The Kier molecular flexibility index (Phi) is 5.06. The first kappa shape index (κ1) is 14.6. The van der Waals surface area contributed by atoms with Gasteiger partial charge in [0.25, 0.3) is 0 Å². The Morgan fingerprint density at radius 1 is 1.11 bits per heavy atom. The van der Waals surface area contributed by atoms with Crippen LogP contribution in [0.4, 0.5) is 0 Å². The minimum Gasteiger partial charge on any atom is -0.496 e. The average Bonchev–Trinajstić information content (AvgIpc) is 2.41. The molecule has 0 saturated heterocycles. The summed E-state index contributed by atoms with van der Waals surface area (Å²) < 4.78 is 6.49. The molecule has 0 aliphatic rings. The molecule has 2 rings (SSSR count). The lowest BCUT2D eigenvalue weighted by molar-refractivity contribution is 0.409. The van der Waals surface area contributed by atoms with Crippen molar-refractivity contribution in [3.63, 3.8) is 0 Å².